The van der Waals surface area contributed by atoms with E-state index in [9.17, 15) is 18.0 Å². The molecule has 2 aliphatic heterocycles. The molecule has 2 saturated heterocycles. The molecule has 9 heteroatoms. The average Bonchev–Trinajstić information content (AvgIpc) is 3.02. The van der Waals surface area contributed by atoms with Crippen LogP contribution in [-0.2, 0) is 24.3 Å². The first-order valence-corrected chi connectivity index (χ1v) is 10.0. The Morgan fingerprint density at radius 3 is 2.62 bits per heavy atom. The van der Waals surface area contributed by atoms with Crippen LogP contribution in [0.3, 0.4) is 0 Å². The number of carboxylic acid groups (broad SMARTS) is 1. The van der Waals surface area contributed by atoms with Crippen LogP contribution in [0.5, 0.6) is 0 Å². The van der Waals surface area contributed by atoms with E-state index in [1.165, 1.54) is 9.21 Å². The van der Waals surface area contributed by atoms with Gasteiger partial charge in [0.15, 0.2) is 6.10 Å². The van der Waals surface area contributed by atoms with Crippen molar-refractivity contribution in [1.82, 2.24) is 9.21 Å². The molecule has 2 aliphatic rings. The van der Waals surface area contributed by atoms with E-state index in [-0.39, 0.29) is 24.7 Å². The summed E-state index contributed by atoms with van der Waals surface area (Å²) in [5.74, 6) is -1.38. The van der Waals surface area contributed by atoms with Crippen LogP contribution >= 0.6 is 0 Å². The number of carbonyl (C=O) groups is 2. The number of carbonyl (C=O) groups excluding carboxylic acids is 1. The minimum atomic E-state index is -3.46. The summed E-state index contributed by atoms with van der Waals surface area (Å²) in [7, 11) is -3.46. The summed E-state index contributed by atoms with van der Waals surface area (Å²) in [5.41, 5.74) is 0. The number of ether oxygens (including phenoxy) is 1. The van der Waals surface area contributed by atoms with Crippen molar-refractivity contribution < 1.29 is 27.9 Å². The summed E-state index contributed by atoms with van der Waals surface area (Å²) in [6, 6.07) is -0.716. The zero-order valence-electron chi connectivity index (χ0n) is 14.2. The molecule has 0 spiro atoms. The molecule has 2 fully saturated rings. The number of morpholine rings is 1. The van der Waals surface area contributed by atoms with Crippen LogP contribution in [0.4, 0.5) is 0 Å². The average molecular weight is 362 g/mol. The highest BCUT2D eigenvalue weighted by atomic mass is 32.2. The van der Waals surface area contributed by atoms with Crippen molar-refractivity contribution >= 4 is 21.9 Å². The molecule has 2 unspecified atom stereocenters. The summed E-state index contributed by atoms with van der Waals surface area (Å²) >= 11 is 0. The summed E-state index contributed by atoms with van der Waals surface area (Å²) < 4.78 is 31.5. The number of nitrogens with zero attached hydrogens (tertiary/aromatic N) is 2. The molecule has 138 valence electrons. The van der Waals surface area contributed by atoms with Gasteiger partial charge in [-0.05, 0) is 26.2 Å². The molecule has 8 nitrogen and oxygen atoms in total. The third kappa shape index (κ3) is 4.25. The molecule has 0 aromatic rings. The molecule has 0 aromatic carbocycles. The molecule has 2 rings (SSSR count). The van der Waals surface area contributed by atoms with Crippen LogP contribution in [0, 0.1) is 0 Å². The van der Waals surface area contributed by atoms with E-state index in [1.807, 2.05) is 6.92 Å². The molecular formula is C15H26N2O6S. The largest absolute Gasteiger partial charge is 0.479 e. The maximum atomic E-state index is 12.8. The number of hydrogen-bond donors (Lipinski definition) is 1. The van der Waals surface area contributed by atoms with Crippen molar-refractivity contribution in [2.24, 2.45) is 0 Å². The molecule has 2 heterocycles. The molecule has 24 heavy (non-hydrogen) atoms. The molecule has 3 atom stereocenters. The Labute approximate surface area is 142 Å². The van der Waals surface area contributed by atoms with Crippen LogP contribution in [0.1, 0.15) is 39.5 Å². The quantitative estimate of drug-likeness (QED) is 0.728. The Hall–Kier alpha value is -1.19. The van der Waals surface area contributed by atoms with Crippen molar-refractivity contribution in [3.8, 4) is 0 Å². The first-order valence-electron chi connectivity index (χ1n) is 8.42. The summed E-state index contributed by atoms with van der Waals surface area (Å²) in [5, 5.41) is 9.13. The van der Waals surface area contributed by atoms with E-state index >= 15 is 0 Å². The molecule has 0 aromatic heterocycles. The highest BCUT2D eigenvalue weighted by Gasteiger charge is 2.42. The summed E-state index contributed by atoms with van der Waals surface area (Å²) in [6.07, 6.45) is 1.000. The van der Waals surface area contributed by atoms with Crippen molar-refractivity contribution in [2.45, 2.75) is 57.8 Å². The highest BCUT2D eigenvalue weighted by Crippen LogP contribution is 2.25. The van der Waals surface area contributed by atoms with E-state index < -0.39 is 34.2 Å². The van der Waals surface area contributed by atoms with Gasteiger partial charge in [0.25, 0.3) is 0 Å². The third-order valence-corrected chi connectivity index (χ3v) is 6.41. The standard InChI is InChI=1S/C15H26N2O6S/c1-3-4-8-24(21,22)17-7-5-6-12(17)14(18)16-9-11(2)23-13(10-16)15(19)20/h11-13H,3-10H2,1-2H3,(H,19,20)/t11-,12?,13?/m1/s1. The van der Waals surface area contributed by atoms with E-state index in [4.69, 9.17) is 9.84 Å². The van der Waals surface area contributed by atoms with Gasteiger partial charge in [0.2, 0.25) is 15.9 Å². The van der Waals surface area contributed by atoms with Gasteiger partial charge in [0.05, 0.1) is 18.4 Å². The smallest absolute Gasteiger partial charge is 0.334 e. The molecule has 0 saturated carbocycles. The predicted octanol–water partition coefficient (Wildman–Crippen LogP) is 0.281. The van der Waals surface area contributed by atoms with Crippen LogP contribution in [-0.4, -0.2) is 78.2 Å². The lowest BCUT2D eigenvalue weighted by atomic mass is 10.1. The van der Waals surface area contributed by atoms with Crippen LogP contribution < -0.4 is 0 Å². The van der Waals surface area contributed by atoms with Gasteiger partial charge in [-0.3, -0.25) is 4.79 Å². The fraction of sp³-hybridized carbons (Fsp3) is 0.867. The van der Waals surface area contributed by atoms with Gasteiger partial charge < -0.3 is 14.7 Å². The van der Waals surface area contributed by atoms with Crippen LogP contribution in [0.2, 0.25) is 0 Å². The lowest BCUT2D eigenvalue weighted by Crippen LogP contribution is -2.56. The Balaban J connectivity index is 2.11. The maximum absolute atomic E-state index is 12.8. The van der Waals surface area contributed by atoms with Gasteiger partial charge >= 0.3 is 5.97 Å². The van der Waals surface area contributed by atoms with Gasteiger partial charge in [0, 0.05) is 13.1 Å². The third-order valence-electron chi connectivity index (χ3n) is 4.45. The van der Waals surface area contributed by atoms with Crippen LogP contribution in [0.25, 0.3) is 0 Å². The monoisotopic (exact) mass is 362 g/mol. The van der Waals surface area contributed by atoms with E-state index in [0.717, 1.165) is 6.42 Å². The topological polar surface area (TPSA) is 104 Å². The van der Waals surface area contributed by atoms with Crippen molar-refractivity contribution in [1.29, 1.82) is 0 Å². The number of sulfonamides is 1. The normalized spacial score (nSPS) is 28.9. The fourth-order valence-corrected chi connectivity index (χ4v) is 5.12. The van der Waals surface area contributed by atoms with Gasteiger partial charge in [-0.25, -0.2) is 13.2 Å². The van der Waals surface area contributed by atoms with E-state index in [1.54, 1.807) is 6.92 Å². The Bertz CT molecular complexity index is 579. The highest BCUT2D eigenvalue weighted by molar-refractivity contribution is 7.89. The lowest BCUT2D eigenvalue weighted by Gasteiger charge is -2.37. The molecular weight excluding hydrogens is 336 g/mol. The van der Waals surface area contributed by atoms with Crippen molar-refractivity contribution in [3.63, 3.8) is 0 Å². The number of carboxylic acids is 1. The lowest BCUT2D eigenvalue weighted by molar-refractivity contribution is -0.167. The predicted molar refractivity (Wildman–Crippen MR) is 87.0 cm³/mol. The number of hydrogen-bond acceptors (Lipinski definition) is 5. The van der Waals surface area contributed by atoms with Gasteiger partial charge in [0.1, 0.15) is 6.04 Å². The van der Waals surface area contributed by atoms with E-state index in [2.05, 4.69) is 0 Å². The number of rotatable bonds is 6. The van der Waals surface area contributed by atoms with Gasteiger partial charge in [-0.1, -0.05) is 13.3 Å². The molecule has 1 amide bonds. The first-order chi connectivity index (χ1) is 11.3. The zero-order chi connectivity index (χ0) is 17.9. The SMILES string of the molecule is CCCCS(=O)(=O)N1CCCC1C(=O)N1CC(C(=O)O)O[C@H](C)C1. The number of unbranched alkanes of at least 4 members (excludes halogenated alkanes) is 1. The second-order valence-corrected chi connectivity index (χ2v) is 8.50. The van der Waals surface area contributed by atoms with Gasteiger partial charge in [-0.2, -0.15) is 4.31 Å². The molecule has 1 N–H and O–H groups in total. The molecule has 0 radical (unpaired) electrons. The zero-order valence-corrected chi connectivity index (χ0v) is 15.0. The molecule has 0 aliphatic carbocycles. The Morgan fingerprint density at radius 1 is 1.29 bits per heavy atom. The number of amides is 1. The minimum Gasteiger partial charge on any atom is -0.479 e. The van der Waals surface area contributed by atoms with Crippen molar-refractivity contribution in [3.05, 3.63) is 0 Å². The van der Waals surface area contributed by atoms with Crippen LogP contribution in [0.15, 0.2) is 0 Å². The maximum Gasteiger partial charge on any atom is 0.334 e. The fourth-order valence-electron chi connectivity index (χ4n) is 3.24. The summed E-state index contributed by atoms with van der Waals surface area (Å²) in [6.45, 7) is 4.22. The first kappa shape index (κ1) is 19.1. The minimum absolute atomic E-state index is 0.0438. The molecule has 0 bridgehead atoms. The Kier molecular flexibility index (Phi) is 6.22. The number of aliphatic carboxylic acids is 1. The van der Waals surface area contributed by atoms with Crippen molar-refractivity contribution in [2.75, 3.05) is 25.4 Å². The second-order valence-electron chi connectivity index (χ2n) is 6.46. The second kappa shape index (κ2) is 7.79. The summed E-state index contributed by atoms with van der Waals surface area (Å²) in [4.78, 5) is 25.4. The Morgan fingerprint density at radius 2 is 2.00 bits per heavy atom. The van der Waals surface area contributed by atoms with Gasteiger partial charge in [-0.15, -0.1) is 0 Å². The van der Waals surface area contributed by atoms with E-state index in [0.29, 0.717) is 25.8 Å².